The summed E-state index contributed by atoms with van der Waals surface area (Å²) in [6, 6.07) is 17.3. The van der Waals surface area contributed by atoms with Crippen LogP contribution in [0.5, 0.6) is 0 Å². The highest BCUT2D eigenvalue weighted by Gasteiger charge is 2.34. The molecule has 3 aromatic heterocycles. The van der Waals surface area contributed by atoms with Crippen LogP contribution in [0.15, 0.2) is 76.1 Å². The monoisotopic (exact) mass is 500 g/mol. The topological polar surface area (TPSA) is 92.8 Å². The number of aromatic amines is 1. The summed E-state index contributed by atoms with van der Waals surface area (Å²) in [5.74, 6) is 0.934. The predicted molar refractivity (Wildman–Crippen MR) is 138 cm³/mol. The Morgan fingerprint density at radius 2 is 1.86 bits per heavy atom. The van der Waals surface area contributed by atoms with Crippen molar-refractivity contribution in [2.75, 3.05) is 0 Å². The second-order valence-corrected chi connectivity index (χ2v) is 10.3. The average Bonchev–Trinajstić information content (AvgIpc) is 3.53. The third-order valence-electron chi connectivity index (χ3n) is 6.30. The van der Waals surface area contributed by atoms with Gasteiger partial charge in [0.05, 0.1) is 18.3 Å². The number of aryl methyl sites for hydroxylation is 1. The van der Waals surface area contributed by atoms with Crippen molar-refractivity contribution in [1.82, 2.24) is 30.1 Å². The van der Waals surface area contributed by atoms with Crippen molar-refractivity contribution in [3.8, 4) is 0 Å². The molecule has 0 saturated heterocycles. The lowest BCUT2D eigenvalue weighted by Crippen LogP contribution is -2.37. The summed E-state index contributed by atoms with van der Waals surface area (Å²) in [6.45, 7) is 8.78. The highest BCUT2D eigenvalue weighted by molar-refractivity contribution is 5.79. The quantitative estimate of drug-likeness (QED) is 0.334. The van der Waals surface area contributed by atoms with Crippen LogP contribution in [0.1, 0.15) is 55.1 Å². The molecule has 0 saturated carbocycles. The van der Waals surface area contributed by atoms with E-state index in [-0.39, 0.29) is 11.4 Å². The van der Waals surface area contributed by atoms with Crippen molar-refractivity contribution in [2.24, 2.45) is 0 Å². The van der Waals surface area contributed by atoms with Crippen LogP contribution >= 0.6 is 0 Å². The summed E-state index contributed by atoms with van der Waals surface area (Å²) in [5.41, 5.74) is 2.53. The van der Waals surface area contributed by atoms with Gasteiger partial charge in [0.15, 0.2) is 5.82 Å². The summed E-state index contributed by atoms with van der Waals surface area (Å²) in [4.78, 5) is 18.7. The van der Waals surface area contributed by atoms with Gasteiger partial charge in [-0.05, 0) is 91.0 Å². The van der Waals surface area contributed by atoms with Crippen molar-refractivity contribution < 1.29 is 8.81 Å². The van der Waals surface area contributed by atoms with E-state index in [1.165, 1.54) is 12.1 Å². The van der Waals surface area contributed by atoms with Gasteiger partial charge >= 0.3 is 0 Å². The van der Waals surface area contributed by atoms with Gasteiger partial charge in [0, 0.05) is 17.6 Å². The summed E-state index contributed by atoms with van der Waals surface area (Å²) < 4.78 is 21.1. The summed E-state index contributed by atoms with van der Waals surface area (Å²) >= 11 is 0. The van der Waals surface area contributed by atoms with Gasteiger partial charge in [-0.1, -0.05) is 24.3 Å². The van der Waals surface area contributed by atoms with Gasteiger partial charge in [0.1, 0.15) is 17.6 Å². The Kier molecular flexibility index (Phi) is 6.47. The molecule has 0 unspecified atom stereocenters. The van der Waals surface area contributed by atoms with Gasteiger partial charge in [0.25, 0.3) is 5.56 Å². The van der Waals surface area contributed by atoms with Crippen LogP contribution in [0.25, 0.3) is 10.9 Å². The average molecular weight is 501 g/mol. The number of tetrazole rings is 1. The van der Waals surface area contributed by atoms with Crippen LogP contribution in [-0.4, -0.2) is 30.1 Å². The first-order chi connectivity index (χ1) is 17.7. The molecule has 0 aliphatic heterocycles. The zero-order valence-electron chi connectivity index (χ0n) is 21.3. The Bertz CT molecular complexity index is 1570. The molecule has 1 N–H and O–H groups in total. The number of furan rings is 1. The fourth-order valence-electron chi connectivity index (χ4n) is 4.54. The maximum atomic E-state index is 13.7. The molecule has 0 aliphatic rings. The standard InChI is InChI=1S/C28H29FN6O2/c1-18-7-10-20-15-23(27(36)30-24(20)14-18)25(26-31-32-33-35(26)28(2,3)4)34(17-22-6-5-13-37-22)16-19-8-11-21(29)12-9-19/h5-15,25H,16-17H2,1-4H3,(H,30,36)/t25-/m1/s1. The lowest BCUT2D eigenvalue weighted by atomic mass is 10.0. The molecule has 5 aromatic rings. The highest BCUT2D eigenvalue weighted by atomic mass is 19.1. The van der Waals surface area contributed by atoms with Gasteiger partial charge in [0.2, 0.25) is 0 Å². The highest BCUT2D eigenvalue weighted by Crippen LogP contribution is 2.32. The van der Waals surface area contributed by atoms with Crippen molar-refractivity contribution >= 4 is 10.9 Å². The Labute approximate surface area is 213 Å². The van der Waals surface area contributed by atoms with Gasteiger partial charge in [-0.15, -0.1) is 5.10 Å². The molecule has 1 atom stereocenters. The number of aromatic nitrogens is 5. The molecule has 5 rings (SSSR count). The first-order valence-electron chi connectivity index (χ1n) is 12.1. The lowest BCUT2D eigenvalue weighted by molar-refractivity contribution is 0.171. The third-order valence-corrected chi connectivity index (χ3v) is 6.30. The van der Waals surface area contributed by atoms with Crippen LogP contribution in [0.4, 0.5) is 4.39 Å². The molecule has 3 heterocycles. The largest absolute Gasteiger partial charge is 0.468 e. The minimum absolute atomic E-state index is 0.227. The normalized spacial score (nSPS) is 12.9. The lowest BCUT2D eigenvalue weighted by Gasteiger charge is -2.32. The van der Waals surface area contributed by atoms with E-state index in [2.05, 4.69) is 25.4 Å². The molecule has 0 fully saturated rings. The van der Waals surface area contributed by atoms with Crippen LogP contribution < -0.4 is 5.56 Å². The molecule has 0 amide bonds. The molecule has 0 radical (unpaired) electrons. The number of hydrogen-bond donors (Lipinski definition) is 1. The maximum absolute atomic E-state index is 13.7. The van der Waals surface area contributed by atoms with Crippen molar-refractivity contribution in [3.63, 3.8) is 0 Å². The van der Waals surface area contributed by atoms with Gasteiger partial charge in [-0.3, -0.25) is 9.69 Å². The Balaban J connectivity index is 1.72. The predicted octanol–water partition coefficient (Wildman–Crippen LogP) is 5.10. The van der Waals surface area contributed by atoms with E-state index in [1.807, 2.05) is 64.1 Å². The molecule has 8 nitrogen and oxygen atoms in total. The van der Waals surface area contributed by atoms with E-state index in [4.69, 9.17) is 4.42 Å². The number of halogens is 1. The van der Waals surface area contributed by atoms with Crippen LogP contribution in [0.2, 0.25) is 0 Å². The second-order valence-electron chi connectivity index (χ2n) is 10.3. The Hall–Kier alpha value is -4.11. The molecule has 2 aromatic carbocycles. The van der Waals surface area contributed by atoms with Crippen molar-refractivity contribution in [1.29, 1.82) is 0 Å². The minimum Gasteiger partial charge on any atom is -0.468 e. The number of pyridine rings is 1. The molecule has 37 heavy (non-hydrogen) atoms. The maximum Gasteiger partial charge on any atom is 0.253 e. The van der Waals surface area contributed by atoms with Crippen LogP contribution in [0, 0.1) is 12.7 Å². The molecule has 0 spiro atoms. The first-order valence-corrected chi connectivity index (χ1v) is 12.1. The summed E-state index contributed by atoms with van der Waals surface area (Å²) in [7, 11) is 0. The second kappa shape index (κ2) is 9.74. The van der Waals surface area contributed by atoms with E-state index in [0.29, 0.717) is 24.5 Å². The SMILES string of the molecule is Cc1ccc2cc([C@H](c3nnnn3C(C)(C)C)N(Cc3ccc(F)cc3)Cc3ccco3)c(=O)[nH]c2c1. The van der Waals surface area contributed by atoms with Crippen LogP contribution in [-0.2, 0) is 18.6 Å². The smallest absolute Gasteiger partial charge is 0.253 e. The van der Waals surface area contributed by atoms with Gasteiger partial charge in [-0.2, -0.15) is 0 Å². The number of nitrogens with one attached hydrogen (secondary N) is 1. The number of fused-ring (bicyclic) bond motifs is 1. The number of nitrogens with zero attached hydrogens (tertiary/aromatic N) is 5. The van der Waals surface area contributed by atoms with Crippen molar-refractivity contribution in [3.05, 3.63) is 111 Å². The van der Waals surface area contributed by atoms with Crippen molar-refractivity contribution in [2.45, 2.75) is 52.4 Å². The van der Waals surface area contributed by atoms with E-state index >= 15 is 0 Å². The molecule has 9 heteroatoms. The first kappa shape index (κ1) is 24.6. The number of benzene rings is 2. The summed E-state index contributed by atoms with van der Waals surface area (Å²) in [5, 5.41) is 13.6. The third kappa shape index (κ3) is 5.22. The van der Waals surface area contributed by atoms with E-state index in [1.54, 1.807) is 23.1 Å². The summed E-state index contributed by atoms with van der Waals surface area (Å²) in [6.07, 6.45) is 1.62. The molecular weight excluding hydrogens is 471 g/mol. The fourth-order valence-corrected chi connectivity index (χ4v) is 4.54. The number of rotatable bonds is 7. The Morgan fingerprint density at radius 3 is 2.57 bits per heavy atom. The zero-order valence-corrected chi connectivity index (χ0v) is 21.3. The number of hydrogen-bond acceptors (Lipinski definition) is 6. The number of H-pyrrole nitrogens is 1. The fraction of sp³-hybridized carbons (Fsp3) is 0.286. The molecule has 190 valence electrons. The minimum atomic E-state index is -0.626. The van der Waals surface area contributed by atoms with E-state index in [0.717, 1.165) is 27.8 Å². The molecular formula is C28H29FN6O2. The van der Waals surface area contributed by atoms with Crippen LogP contribution in [0.3, 0.4) is 0 Å². The Morgan fingerprint density at radius 1 is 1.08 bits per heavy atom. The van der Waals surface area contributed by atoms with E-state index in [9.17, 15) is 9.18 Å². The molecule has 0 bridgehead atoms. The van der Waals surface area contributed by atoms with Gasteiger partial charge < -0.3 is 9.40 Å². The van der Waals surface area contributed by atoms with E-state index < -0.39 is 11.6 Å². The zero-order chi connectivity index (χ0) is 26.2. The molecule has 0 aliphatic carbocycles. The van der Waals surface area contributed by atoms with Gasteiger partial charge in [-0.25, -0.2) is 9.07 Å².